The van der Waals surface area contributed by atoms with Gasteiger partial charge in [-0.25, -0.2) is 4.79 Å². The van der Waals surface area contributed by atoms with Gasteiger partial charge in [-0.2, -0.15) is 8.42 Å². The van der Waals surface area contributed by atoms with Crippen LogP contribution < -0.4 is 5.32 Å². The first-order valence-corrected chi connectivity index (χ1v) is 15.2. The van der Waals surface area contributed by atoms with Crippen molar-refractivity contribution < 1.29 is 22.3 Å². The number of para-hydroxylation sites is 1. The van der Waals surface area contributed by atoms with Crippen molar-refractivity contribution in [3.05, 3.63) is 58.2 Å². The molecule has 1 N–H and O–H groups in total. The summed E-state index contributed by atoms with van der Waals surface area (Å²) in [5.74, 6) is 0. The second-order valence-electron chi connectivity index (χ2n) is 10.5. The van der Waals surface area contributed by atoms with Gasteiger partial charge in [-0.1, -0.05) is 103 Å². The molecule has 38 heavy (non-hydrogen) atoms. The standard InChI is InChI=1S/C29H46N2O6S/c1-5-6-7-8-9-10-11-12-13-14-15-16-17-18-19-20-24-30-28(32)37-38(35,36)26-23-21-22-25(29(2,3)4)27(26)31(33)34/h9-10,12-13,21-23H,5-8,11,14-20,24H2,1-4H3,(H,30,32)/b10-9-,13-12-. The van der Waals surface area contributed by atoms with Gasteiger partial charge in [0.2, 0.25) is 0 Å². The molecule has 1 rings (SSSR count). The molecule has 0 aromatic heterocycles. The van der Waals surface area contributed by atoms with E-state index in [0.29, 0.717) is 6.42 Å². The van der Waals surface area contributed by atoms with E-state index in [-0.39, 0.29) is 12.1 Å². The molecule has 0 aliphatic rings. The van der Waals surface area contributed by atoms with Crippen LogP contribution in [0.5, 0.6) is 0 Å². The van der Waals surface area contributed by atoms with Crippen LogP contribution in [0.4, 0.5) is 10.5 Å². The Balaban J connectivity index is 2.28. The van der Waals surface area contributed by atoms with E-state index in [0.717, 1.165) is 51.0 Å². The maximum Gasteiger partial charge on any atom is 0.423 e. The number of carbonyl (C=O) groups excluding carboxylic acids is 1. The molecule has 0 saturated carbocycles. The highest BCUT2D eigenvalue weighted by molar-refractivity contribution is 7.87. The molecule has 0 heterocycles. The monoisotopic (exact) mass is 550 g/mol. The maximum absolute atomic E-state index is 12.6. The Morgan fingerprint density at radius 1 is 0.947 bits per heavy atom. The molecule has 1 aromatic carbocycles. The van der Waals surface area contributed by atoms with Crippen LogP contribution in [0.15, 0.2) is 47.4 Å². The lowest BCUT2D eigenvalue weighted by atomic mass is 9.86. The van der Waals surface area contributed by atoms with Gasteiger partial charge in [0.05, 0.1) is 4.92 Å². The molecule has 0 saturated heterocycles. The van der Waals surface area contributed by atoms with Gasteiger partial charge in [-0.3, -0.25) is 10.1 Å². The zero-order valence-corrected chi connectivity index (χ0v) is 24.4. The number of benzene rings is 1. The number of nitrogens with zero attached hydrogens (tertiary/aromatic N) is 1. The van der Waals surface area contributed by atoms with Gasteiger partial charge in [0.15, 0.2) is 4.90 Å². The predicted molar refractivity (Wildman–Crippen MR) is 153 cm³/mol. The first-order valence-electron chi connectivity index (χ1n) is 13.8. The molecule has 0 fully saturated rings. The summed E-state index contributed by atoms with van der Waals surface area (Å²) in [5, 5.41) is 14.1. The van der Waals surface area contributed by atoms with Crippen LogP contribution in [0, 0.1) is 10.1 Å². The molecule has 214 valence electrons. The SMILES string of the molecule is CCCCC/C=C\C/C=C\CCCCCCCCNC(=O)OS(=O)(=O)c1cccc(C(C)(C)C)c1[N+](=O)[O-]. The molecule has 9 heteroatoms. The van der Waals surface area contributed by atoms with E-state index in [9.17, 15) is 23.3 Å². The Labute approximate surface area is 229 Å². The smallest absolute Gasteiger partial charge is 0.324 e. The van der Waals surface area contributed by atoms with Gasteiger partial charge >= 0.3 is 16.2 Å². The lowest BCUT2D eigenvalue weighted by Gasteiger charge is -2.19. The van der Waals surface area contributed by atoms with Crippen molar-refractivity contribution in [1.82, 2.24) is 5.32 Å². The van der Waals surface area contributed by atoms with Gasteiger partial charge in [0, 0.05) is 12.1 Å². The quantitative estimate of drug-likeness (QED) is 0.0648. The summed E-state index contributed by atoms with van der Waals surface area (Å²) in [6.45, 7) is 7.71. The molecule has 0 unspecified atom stereocenters. The van der Waals surface area contributed by atoms with Crippen LogP contribution >= 0.6 is 0 Å². The third-order valence-corrected chi connectivity index (χ3v) is 7.33. The van der Waals surface area contributed by atoms with E-state index in [1.165, 1.54) is 37.8 Å². The minimum absolute atomic E-state index is 0.244. The molecule has 0 atom stereocenters. The van der Waals surface area contributed by atoms with Crippen LogP contribution in [0.1, 0.15) is 110 Å². The minimum Gasteiger partial charge on any atom is -0.324 e. The summed E-state index contributed by atoms with van der Waals surface area (Å²) in [6.07, 6.45) is 21.0. The van der Waals surface area contributed by atoms with Crippen molar-refractivity contribution in [2.75, 3.05) is 6.54 Å². The second-order valence-corrected chi connectivity index (χ2v) is 12.0. The summed E-state index contributed by atoms with van der Waals surface area (Å²) >= 11 is 0. The number of nitrogens with one attached hydrogen (secondary N) is 1. The minimum atomic E-state index is -4.65. The van der Waals surface area contributed by atoms with Gasteiger partial charge in [0.1, 0.15) is 0 Å². The lowest BCUT2D eigenvalue weighted by Crippen LogP contribution is -2.28. The van der Waals surface area contributed by atoms with Crippen LogP contribution in [0.3, 0.4) is 0 Å². The summed E-state index contributed by atoms with van der Waals surface area (Å²) < 4.78 is 29.9. The van der Waals surface area contributed by atoms with Crippen molar-refractivity contribution in [3.63, 3.8) is 0 Å². The lowest BCUT2D eigenvalue weighted by molar-refractivity contribution is -0.389. The van der Waals surface area contributed by atoms with Gasteiger partial charge in [-0.15, -0.1) is 0 Å². The zero-order valence-electron chi connectivity index (χ0n) is 23.5. The number of carbonyl (C=O) groups is 1. The van der Waals surface area contributed by atoms with Gasteiger partial charge < -0.3 is 9.50 Å². The number of amides is 1. The van der Waals surface area contributed by atoms with Crippen molar-refractivity contribution in [2.24, 2.45) is 0 Å². The molecule has 0 bridgehead atoms. The summed E-state index contributed by atoms with van der Waals surface area (Å²) in [6, 6.07) is 3.99. The van der Waals surface area contributed by atoms with E-state index < -0.39 is 37.1 Å². The van der Waals surface area contributed by atoms with E-state index >= 15 is 0 Å². The van der Waals surface area contributed by atoms with E-state index in [4.69, 9.17) is 0 Å². The van der Waals surface area contributed by atoms with Crippen molar-refractivity contribution >= 4 is 21.9 Å². The number of hydrogen-bond donors (Lipinski definition) is 1. The summed E-state index contributed by atoms with van der Waals surface area (Å²) in [7, 11) is -4.65. The van der Waals surface area contributed by atoms with Crippen LogP contribution in [-0.4, -0.2) is 26.0 Å². The van der Waals surface area contributed by atoms with Crippen LogP contribution in [-0.2, 0) is 19.7 Å². The molecule has 0 aliphatic heterocycles. The Morgan fingerprint density at radius 3 is 2.11 bits per heavy atom. The molecule has 0 radical (unpaired) electrons. The highest BCUT2D eigenvalue weighted by Gasteiger charge is 2.35. The molecular weight excluding hydrogens is 504 g/mol. The first-order chi connectivity index (χ1) is 18.0. The largest absolute Gasteiger partial charge is 0.423 e. The van der Waals surface area contributed by atoms with Crippen LogP contribution in [0.25, 0.3) is 0 Å². The van der Waals surface area contributed by atoms with Crippen molar-refractivity contribution in [2.45, 2.75) is 115 Å². The zero-order chi connectivity index (χ0) is 28.4. The van der Waals surface area contributed by atoms with Gasteiger partial charge in [-0.05, 0) is 50.0 Å². The Bertz CT molecular complexity index is 1030. The number of unbranched alkanes of at least 4 members (excludes halogenated alkanes) is 9. The van der Waals surface area contributed by atoms with E-state index in [1.807, 2.05) is 0 Å². The third-order valence-electron chi connectivity index (χ3n) is 6.09. The highest BCUT2D eigenvalue weighted by atomic mass is 32.2. The molecule has 1 aromatic rings. The number of nitro benzene ring substituents is 1. The first kappa shape index (κ1) is 33.3. The fraction of sp³-hybridized carbons (Fsp3) is 0.621. The molecule has 1 amide bonds. The van der Waals surface area contributed by atoms with Crippen molar-refractivity contribution in [3.8, 4) is 0 Å². The molecular formula is C29H46N2O6S. The fourth-order valence-corrected chi connectivity index (χ4v) is 5.01. The third kappa shape index (κ3) is 13.2. The fourth-order valence-electron chi connectivity index (χ4n) is 4.00. The van der Waals surface area contributed by atoms with Crippen LogP contribution in [0.2, 0.25) is 0 Å². The molecule has 8 nitrogen and oxygen atoms in total. The average molecular weight is 551 g/mol. The predicted octanol–water partition coefficient (Wildman–Crippen LogP) is 8.12. The molecule has 0 aliphatic carbocycles. The number of nitro groups is 1. The maximum atomic E-state index is 12.6. The normalized spacial score (nSPS) is 12.3. The summed E-state index contributed by atoms with van der Waals surface area (Å²) in [5.41, 5.74) is -0.996. The number of hydrogen-bond acceptors (Lipinski definition) is 6. The Kier molecular flexibility index (Phi) is 15.6. The average Bonchev–Trinajstić information content (AvgIpc) is 2.84. The Morgan fingerprint density at radius 2 is 1.53 bits per heavy atom. The number of rotatable bonds is 18. The number of allylic oxidation sites excluding steroid dienone is 4. The second kappa shape index (κ2) is 17.8. The van der Waals surface area contributed by atoms with Crippen molar-refractivity contribution in [1.29, 1.82) is 0 Å². The van der Waals surface area contributed by atoms with E-state index in [1.54, 1.807) is 20.8 Å². The van der Waals surface area contributed by atoms with E-state index in [2.05, 4.69) is 40.7 Å². The topological polar surface area (TPSA) is 116 Å². The highest BCUT2D eigenvalue weighted by Crippen LogP contribution is 2.36. The summed E-state index contributed by atoms with van der Waals surface area (Å²) in [4.78, 5) is 22.3. The van der Waals surface area contributed by atoms with Gasteiger partial charge in [0.25, 0.3) is 5.69 Å². The molecule has 0 spiro atoms. The Hall–Kier alpha value is -2.68.